The predicted molar refractivity (Wildman–Crippen MR) is 122 cm³/mol. The highest BCUT2D eigenvalue weighted by Gasteiger charge is 2.56. The fraction of sp³-hybridized carbons (Fsp3) is 0.950. The highest BCUT2D eigenvalue weighted by Crippen LogP contribution is 2.34. The molecule has 19 nitrogen and oxygen atoms in total. The Morgan fingerprint density at radius 2 is 1.38 bits per heavy atom. The lowest BCUT2D eigenvalue weighted by molar-refractivity contribution is -0.364. The molecule has 15 atom stereocenters. The van der Waals surface area contributed by atoms with E-state index in [9.17, 15) is 54.1 Å². The van der Waals surface area contributed by atoms with Crippen molar-refractivity contribution in [2.45, 2.75) is 105 Å². The van der Waals surface area contributed by atoms with E-state index in [0.29, 0.717) is 0 Å². The van der Waals surface area contributed by atoms with Crippen LogP contribution in [0.4, 0.5) is 0 Å². The van der Waals surface area contributed by atoms with Gasteiger partial charge in [0.1, 0.15) is 66.2 Å². The van der Waals surface area contributed by atoms with Crippen LogP contribution in [0.3, 0.4) is 0 Å². The summed E-state index contributed by atoms with van der Waals surface area (Å²) in [6.07, 6.45) is -23.0. The van der Waals surface area contributed by atoms with Crippen molar-refractivity contribution in [2.24, 2.45) is 0 Å². The molecule has 3 rings (SSSR count). The Balaban J connectivity index is 1.99. The quantitative estimate of drug-likeness (QED) is 0.0858. The van der Waals surface area contributed by atoms with Gasteiger partial charge in [0.2, 0.25) is 5.91 Å². The van der Waals surface area contributed by atoms with E-state index in [1.807, 2.05) is 0 Å². The number of hydrogen-bond acceptors (Lipinski definition) is 18. The molecule has 3 fully saturated rings. The van der Waals surface area contributed by atoms with Gasteiger partial charge in [0.05, 0.1) is 19.3 Å². The van der Waals surface area contributed by atoms with Gasteiger partial charge < -0.3 is 69.9 Å². The first kappa shape index (κ1) is 33.3. The molecule has 0 bridgehead atoms. The monoisotopic (exact) mass is 609 g/mol. The van der Waals surface area contributed by atoms with Gasteiger partial charge in [-0.2, -0.15) is 8.42 Å². The number of hydrogen-bond donors (Lipinski definition) is 10. The molecule has 10 N–H and O–H groups in total. The van der Waals surface area contributed by atoms with Crippen molar-refractivity contribution in [3.05, 3.63) is 0 Å². The molecule has 1 amide bonds. The molecule has 0 aliphatic carbocycles. The summed E-state index contributed by atoms with van der Waals surface area (Å²) in [5.41, 5.74) is 0. The fourth-order valence-electron chi connectivity index (χ4n) is 4.77. The van der Waals surface area contributed by atoms with E-state index in [1.165, 1.54) is 6.92 Å². The molecule has 0 saturated carbocycles. The van der Waals surface area contributed by atoms with Crippen LogP contribution < -0.4 is 5.32 Å². The minimum absolute atomic E-state index is 0.722. The maximum absolute atomic E-state index is 12.2. The van der Waals surface area contributed by atoms with Crippen LogP contribution >= 0.6 is 0 Å². The standard InChI is InChI=1S/C20H35NO18S/c1-5-10(25)12(27)13(28)19(34-5)38-16-9(21-6(2)24)18(30)35-8(4-23)15(16)37-20-14(29)17(40(32,33)39-31)11(26)7(3-22)36-20/h5,7-20,22-23,25-31H,3-4H2,1-2H3,(H,21,24)/t5-,7-,8-,9-,10+,11+,12+,13-,14-,15-,16-,17+,18+,19-,20+/m1/s1. The summed E-state index contributed by atoms with van der Waals surface area (Å²) < 4.78 is 55.4. The summed E-state index contributed by atoms with van der Waals surface area (Å²) in [6, 6.07) is -1.54. The molecule has 3 saturated heterocycles. The minimum atomic E-state index is -5.08. The van der Waals surface area contributed by atoms with Crippen molar-refractivity contribution in [1.82, 2.24) is 5.32 Å². The van der Waals surface area contributed by atoms with Gasteiger partial charge in [0.25, 0.3) is 0 Å². The van der Waals surface area contributed by atoms with Crippen LogP contribution in [0.1, 0.15) is 13.8 Å². The lowest BCUT2D eigenvalue weighted by Crippen LogP contribution is -2.69. The second-order valence-electron chi connectivity index (χ2n) is 9.60. The van der Waals surface area contributed by atoms with Gasteiger partial charge in [-0.05, 0) is 6.92 Å². The molecule has 0 spiro atoms. The Labute approximate surface area is 227 Å². The van der Waals surface area contributed by atoms with Gasteiger partial charge in [0.15, 0.2) is 18.9 Å². The summed E-state index contributed by atoms with van der Waals surface area (Å²) >= 11 is 0. The van der Waals surface area contributed by atoms with Crippen molar-refractivity contribution in [2.75, 3.05) is 13.2 Å². The Morgan fingerprint density at radius 1 is 0.800 bits per heavy atom. The number of rotatable bonds is 9. The highest BCUT2D eigenvalue weighted by atomic mass is 32.2. The second kappa shape index (κ2) is 13.4. The summed E-state index contributed by atoms with van der Waals surface area (Å²) in [5.74, 6) is -0.722. The Kier molecular flexibility index (Phi) is 11.2. The van der Waals surface area contributed by atoms with E-state index in [2.05, 4.69) is 9.65 Å². The Hall–Kier alpha value is -1.18. The third-order valence-corrected chi connectivity index (χ3v) is 8.30. The lowest BCUT2D eigenvalue weighted by atomic mass is 9.94. The van der Waals surface area contributed by atoms with Crippen molar-refractivity contribution in [3.8, 4) is 0 Å². The maximum Gasteiger partial charge on any atom is 0.301 e. The topological polar surface area (TPSA) is 301 Å². The molecule has 0 aromatic carbocycles. The molecule has 3 aliphatic heterocycles. The van der Waals surface area contributed by atoms with Crippen molar-refractivity contribution >= 4 is 16.0 Å². The molecule has 234 valence electrons. The van der Waals surface area contributed by atoms with E-state index in [1.54, 1.807) is 0 Å². The zero-order chi connectivity index (χ0) is 30.1. The van der Waals surface area contributed by atoms with Crippen LogP contribution in [0.5, 0.6) is 0 Å². The summed E-state index contributed by atoms with van der Waals surface area (Å²) in [5, 5.41) is 90.6. The smallest absolute Gasteiger partial charge is 0.301 e. The van der Waals surface area contributed by atoms with Crippen molar-refractivity contribution in [3.63, 3.8) is 0 Å². The average Bonchev–Trinajstić information content (AvgIpc) is 2.90. The van der Waals surface area contributed by atoms with Crippen LogP contribution in [-0.2, 0) is 42.9 Å². The van der Waals surface area contributed by atoms with Crippen molar-refractivity contribution in [1.29, 1.82) is 0 Å². The SMILES string of the molecule is CC(=O)N[C@@H]1[C@@H](O[C@H]2O[C@H](C)[C@H](O)[C@H](O)[C@H]2O)[C@H](O[C@@H]2O[C@H](CO)[C@H](O)[C@H](S(=O)(=O)OO)[C@H]2O)[C@@H](CO)O[C@@H]1O. The predicted octanol–water partition coefficient (Wildman–Crippen LogP) is -6.57. The zero-order valence-electron chi connectivity index (χ0n) is 21.2. The summed E-state index contributed by atoms with van der Waals surface area (Å²) in [7, 11) is -5.08. The molecule has 0 unspecified atom stereocenters. The molecule has 0 radical (unpaired) electrons. The molecule has 3 heterocycles. The molecular weight excluding hydrogens is 574 g/mol. The number of ether oxygens (including phenoxy) is 5. The van der Waals surface area contributed by atoms with E-state index in [0.717, 1.165) is 6.92 Å². The number of amides is 1. The molecule has 0 aromatic heterocycles. The van der Waals surface area contributed by atoms with Crippen molar-refractivity contribution < 1.29 is 87.3 Å². The number of aliphatic hydroxyl groups excluding tert-OH is 8. The average molecular weight is 610 g/mol. The molecule has 3 aliphatic rings. The first-order chi connectivity index (χ1) is 18.7. The van der Waals surface area contributed by atoms with Crippen LogP contribution in [0.25, 0.3) is 0 Å². The molecule has 40 heavy (non-hydrogen) atoms. The van der Waals surface area contributed by atoms with Gasteiger partial charge in [-0.25, -0.2) is 5.26 Å². The number of aliphatic hydroxyl groups is 8. The van der Waals surface area contributed by atoms with Gasteiger partial charge in [-0.15, -0.1) is 4.33 Å². The van der Waals surface area contributed by atoms with Crippen LogP contribution in [0, 0.1) is 0 Å². The van der Waals surface area contributed by atoms with E-state index < -0.39 is 120 Å². The molecule has 20 heteroatoms. The van der Waals surface area contributed by atoms with Gasteiger partial charge in [-0.3, -0.25) is 4.79 Å². The van der Waals surface area contributed by atoms with E-state index >= 15 is 0 Å². The first-order valence-electron chi connectivity index (χ1n) is 12.1. The summed E-state index contributed by atoms with van der Waals surface area (Å²) in [4.78, 5) is 11.9. The number of carbonyl (C=O) groups is 1. The van der Waals surface area contributed by atoms with Gasteiger partial charge in [-0.1, -0.05) is 0 Å². The van der Waals surface area contributed by atoms with E-state index in [4.69, 9.17) is 28.9 Å². The largest absolute Gasteiger partial charge is 0.394 e. The molecular formula is C20H35NO18S. The van der Waals surface area contributed by atoms with Gasteiger partial charge in [0, 0.05) is 6.92 Å². The first-order valence-corrected chi connectivity index (χ1v) is 13.6. The normalized spacial score (nSPS) is 46.6. The van der Waals surface area contributed by atoms with Crippen LogP contribution in [-0.4, -0.2) is 165 Å². The highest BCUT2D eigenvalue weighted by molar-refractivity contribution is 7.87. The Morgan fingerprint density at radius 3 is 1.93 bits per heavy atom. The lowest BCUT2D eigenvalue weighted by Gasteiger charge is -2.49. The van der Waals surface area contributed by atoms with E-state index in [-0.39, 0.29) is 0 Å². The summed E-state index contributed by atoms with van der Waals surface area (Å²) in [6.45, 7) is 0.512. The number of carbonyl (C=O) groups excluding carboxylic acids is 1. The fourth-order valence-corrected chi connectivity index (χ4v) is 5.86. The molecule has 0 aromatic rings. The Bertz CT molecular complexity index is 956. The minimum Gasteiger partial charge on any atom is -0.394 e. The van der Waals surface area contributed by atoms with Crippen LogP contribution in [0.15, 0.2) is 0 Å². The third-order valence-electron chi connectivity index (χ3n) is 6.87. The van der Waals surface area contributed by atoms with Crippen LogP contribution in [0.2, 0.25) is 0 Å². The zero-order valence-corrected chi connectivity index (χ0v) is 22.0. The van der Waals surface area contributed by atoms with Gasteiger partial charge >= 0.3 is 10.1 Å². The second-order valence-corrected chi connectivity index (χ2v) is 11.3. The third kappa shape index (κ3) is 6.72. The number of nitrogens with one attached hydrogen (secondary N) is 1. The maximum atomic E-state index is 12.2.